The van der Waals surface area contributed by atoms with Gasteiger partial charge in [0.1, 0.15) is 6.26 Å². The van der Waals surface area contributed by atoms with Crippen molar-refractivity contribution in [1.82, 2.24) is 9.97 Å². The van der Waals surface area contributed by atoms with Crippen LogP contribution in [0.4, 0.5) is 0 Å². The summed E-state index contributed by atoms with van der Waals surface area (Å²) in [5.74, 6) is 0. The van der Waals surface area contributed by atoms with Gasteiger partial charge in [0.25, 0.3) is 0 Å². The third-order valence-corrected chi connectivity index (χ3v) is 2.27. The molecule has 0 aliphatic rings. The lowest BCUT2D eigenvalue weighted by atomic mass is 10.7. The van der Waals surface area contributed by atoms with E-state index >= 15 is 0 Å². The Labute approximate surface area is 96.1 Å². The van der Waals surface area contributed by atoms with Crippen molar-refractivity contribution in [3.05, 3.63) is 58.8 Å². The van der Waals surface area contributed by atoms with Crippen LogP contribution in [0, 0.1) is 0 Å². The Morgan fingerprint density at radius 3 is 1.93 bits per heavy atom. The third-order valence-electron chi connectivity index (χ3n) is 1.12. The van der Waals surface area contributed by atoms with Gasteiger partial charge in [0.05, 0.1) is 11.7 Å². The first-order valence-corrected chi connectivity index (χ1v) is 6.00. The molecule has 0 radical (unpaired) electrons. The standard InChI is InChI=1S/C4H4S.C3H3NO.C3H3NS/c1-2-4-5-3-1;2*1-2-5-3-4-1/h1-4H;2*1-3H. The number of nitrogens with zero attached hydrogens (tertiary/aromatic N) is 2. The van der Waals surface area contributed by atoms with Crippen molar-refractivity contribution in [2.45, 2.75) is 0 Å². The fourth-order valence-electron chi connectivity index (χ4n) is 0.578. The minimum atomic E-state index is 1.38. The molecule has 0 bridgehead atoms. The molecule has 3 aromatic heterocycles. The molecule has 0 atom stereocenters. The summed E-state index contributed by atoms with van der Waals surface area (Å²) in [6.07, 6.45) is 6.24. The molecular formula is C10H10N2OS2. The number of rotatable bonds is 0. The summed E-state index contributed by atoms with van der Waals surface area (Å²) in [5, 5.41) is 6.01. The van der Waals surface area contributed by atoms with Crippen LogP contribution in [0.2, 0.25) is 0 Å². The van der Waals surface area contributed by atoms with Gasteiger partial charge in [-0.2, -0.15) is 11.3 Å². The zero-order valence-corrected chi connectivity index (χ0v) is 9.53. The van der Waals surface area contributed by atoms with Crippen LogP contribution in [0.15, 0.2) is 63.3 Å². The number of thiophene rings is 1. The van der Waals surface area contributed by atoms with Crippen LogP contribution in [0.25, 0.3) is 0 Å². The van der Waals surface area contributed by atoms with Crippen molar-refractivity contribution in [2.75, 3.05) is 0 Å². The minimum absolute atomic E-state index is 1.38. The molecule has 0 amide bonds. The van der Waals surface area contributed by atoms with Gasteiger partial charge in [0.2, 0.25) is 0 Å². The maximum Gasteiger partial charge on any atom is 0.180 e. The van der Waals surface area contributed by atoms with Crippen molar-refractivity contribution >= 4 is 22.7 Å². The minimum Gasteiger partial charge on any atom is -0.452 e. The van der Waals surface area contributed by atoms with Crippen LogP contribution in [-0.4, -0.2) is 9.97 Å². The highest BCUT2D eigenvalue weighted by Gasteiger charge is 1.60. The first-order chi connectivity index (χ1) is 7.50. The quantitative estimate of drug-likeness (QED) is 0.601. The van der Waals surface area contributed by atoms with E-state index in [0.717, 1.165) is 0 Å². The molecule has 0 saturated heterocycles. The van der Waals surface area contributed by atoms with Gasteiger partial charge in [-0.3, -0.25) is 4.98 Å². The Morgan fingerprint density at radius 2 is 1.73 bits per heavy atom. The van der Waals surface area contributed by atoms with Crippen LogP contribution in [-0.2, 0) is 0 Å². The topological polar surface area (TPSA) is 38.9 Å². The first-order valence-electron chi connectivity index (χ1n) is 4.11. The van der Waals surface area contributed by atoms with E-state index < -0.39 is 0 Å². The van der Waals surface area contributed by atoms with Gasteiger partial charge in [-0.1, -0.05) is 12.1 Å². The normalized spacial score (nSPS) is 8.00. The van der Waals surface area contributed by atoms with E-state index in [4.69, 9.17) is 0 Å². The highest BCUT2D eigenvalue weighted by molar-refractivity contribution is 7.07. The average molecular weight is 238 g/mol. The predicted molar refractivity (Wildman–Crippen MR) is 62.9 cm³/mol. The van der Waals surface area contributed by atoms with E-state index in [2.05, 4.69) is 14.4 Å². The first kappa shape index (κ1) is 11.6. The molecule has 0 aromatic carbocycles. The third kappa shape index (κ3) is 7.60. The molecule has 0 fully saturated rings. The molecule has 0 aliphatic carbocycles. The maximum atomic E-state index is 4.47. The number of hydrogen-bond donors (Lipinski definition) is 0. The van der Waals surface area contributed by atoms with Crippen molar-refractivity contribution in [3.63, 3.8) is 0 Å². The Morgan fingerprint density at radius 1 is 0.867 bits per heavy atom. The zero-order valence-electron chi connectivity index (χ0n) is 7.89. The lowest BCUT2D eigenvalue weighted by Gasteiger charge is -1.47. The van der Waals surface area contributed by atoms with Crippen LogP contribution in [0.1, 0.15) is 0 Å². The van der Waals surface area contributed by atoms with Gasteiger partial charge in [-0.15, -0.1) is 11.3 Å². The molecule has 78 valence electrons. The molecule has 3 aromatic rings. The second kappa shape index (κ2) is 9.11. The van der Waals surface area contributed by atoms with Gasteiger partial charge >= 0.3 is 0 Å². The summed E-state index contributed by atoms with van der Waals surface area (Å²) in [7, 11) is 0. The smallest absolute Gasteiger partial charge is 0.180 e. The van der Waals surface area contributed by atoms with E-state index in [1.165, 1.54) is 12.7 Å². The monoisotopic (exact) mass is 238 g/mol. The Hall–Kier alpha value is -1.46. The molecule has 15 heavy (non-hydrogen) atoms. The van der Waals surface area contributed by atoms with Gasteiger partial charge in [0, 0.05) is 11.6 Å². The van der Waals surface area contributed by atoms with E-state index in [1.807, 2.05) is 28.3 Å². The summed E-state index contributed by atoms with van der Waals surface area (Å²) in [6, 6.07) is 4.04. The van der Waals surface area contributed by atoms with Crippen LogP contribution in [0.3, 0.4) is 0 Å². The van der Waals surface area contributed by atoms with Crippen molar-refractivity contribution in [1.29, 1.82) is 0 Å². The summed E-state index contributed by atoms with van der Waals surface area (Å²) < 4.78 is 4.47. The molecule has 3 rings (SSSR count). The Balaban J connectivity index is 0.000000112. The van der Waals surface area contributed by atoms with E-state index in [0.29, 0.717) is 0 Å². The molecule has 5 heteroatoms. The fourth-order valence-corrected chi connectivity index (χ4v) is 1.38. The van der Waals surface area contributed by atoms with E-state index in [1.54, 1.807) is 40.6 Å². The molecule has 0 unspecified atom stereocenters. The average Bonchev–Trinajstić information content (AvgIpc) is 3.09. The number of aromatic nitrogens is 2. The highest BCUT2D eigenvalue weighted by Crippen LogP contribution is 1.91. The number of hydrogen-bond acceptors (Lipinski definition) is 5. The lowest BCUT2D eigenvalue weighted by molar-refractivity contribution is 0.558. The summed E-state index contributed by atoms with van der Waals surface area (Å²) >= 11 is 3.31. The Kier molecular flexibility index (Phi) is 7.05. The van der Waals surface area contributed by atoms with Gasteiger partial charge in [0.15, 0.2) is 6.39 Å². The molecular weight excluding hydrogens is 228 g/mol. The number of oxazole rings is 1. The molecule has 0 N–H and O–H groups in total. The van der Waals surface area contributed by atoms with Gasteiger partial charge < -0.3 is 4.42 Å². The summed E-state index contributed by atoms with van der Waals surface area (Å²) in [5.41, 5.74) is 1.79. The largest absolute Gasteiger partial charge is 0.452 e. The van der Waals surface area contributed by atoms with Crippen LogP contribution >= 0.6 is 22.7 Å². The van der Waals surface area contributed by atoms with Crippen molar-refractivity contribution < 1.29 is 4.42 Å². The molecule has 0 saturated carbocycles. The fraction of sp³-hybridized carbons (Fsp3) is 0. The molecule has 0 aliphatic heterocycles. The zero-order chi connectivity index (χ0) is 10.6. The van der Waals surface area contributed by atoms with Crippen LogP contribution in [0.5, 0.6) is 0 Å². The molecule has 0 spiro atoms. The molecule has 3 heterocycles. The summed E-state index contributed by atoms with van der Waals surface area (Å²) in [6.45, 7) is 0. The second-order valence-corrected chi connectivity index (χ2v) is 3.72. The summed E-state index contributed by atoms with van der Waals surface area (Å²) in [4.78, 5) is 7.30. The SMILES string of the molecule is c1ccsc1.c1cocn1.c1cscn1. The van der Waals surface area contributed by atoms with Crippen molar-refractivity contribution in [2.24, 2.45) is 0 Å². The predicted octanol–water partition coefficient (Wildman–Crippen LogP) is 3.57. The molecule has 3 nitrogen and oxygen atoms in total. The second-order valence-electron chi connectivity index (χ2n) is 2.14. The number of thiazole rings is 1. The van der Waals surface area contributed by atoms with Gasteiger partial charge in [-0.25, -0.2) is 4.98 Å². The highest BCUT2D eigenvalue weighted by atomic mass is 32.1. The maximum absolute atomic E-state index is 4.47. The van der Waals surface area contributed by atoms with Gasteiger partial charge in [-0.05, 0) is 10.8 Å². The Bertz CT molecular complexity index is 253. The van der Waals surface area contributed by atoms with Crippen LogP contribution < -0.4 is 0 Å². The lowest BCUT2D eigenvalue weighted by Crippen LogP contribution is -1.38. The van der Waals surface area contributed by atoms with E-state index in [-0.39, 0.29) is 0 Å². The van der Waals surface area contributed by atoms with Crippen molar-refractivity contribution in [3.8, 4) is 0 Å². The van der Waals surface area contributed by atoms with E-state index in [9.17, 15) is 0 Å².